The average molecular weight is 319 g/mol. The molecule has 1 heterocycles. The molecule has 1 N–H and O–H groups in total. The molecule has 3 amide bonds. The van der Waals surface area contributed by atoms with Gasteiger partial charge in [-0.15, -0.1) is 0 Å². The van der Waals surface area contributed by atoms with Gasteiger partial charge in [0.1, 0.15) is 17.9 Å². The van der Waals surface area contributed by atoms with E-state index < -0.39 is 34.4 Å². The van der Waals surface area contributed by atoms with Gasteiger partial charge in [0.05, 0.1) is 10.5 Å². The fourth-order valence-electron chi connectivity index (χ4n) is 2.49. The van der Waals surface area contributed by atoms with Gasteiger partial charge in [-0.3, -0.25) is 29.4 Å². The molecule has 0 radical (unpaired) electrons. The number of carbonyl (C=O) groups excluding carboxylic acids is 4. The predicted molar refractivity (Wildman–Crippen MR) is 76.7 cm³/mol. The first-order valence-electron chi connectivity index (χ1n) is 6.74. The molecule has 0 aliphatic carbocycles. The van der Waals surface area contributed by atoms with E-state index in [4.69, 9.17) is 0 Å². The number of carbonyl (C=O) groups is 4. The maximum Gasteiger partial charge on any atom is 0.282 e. The van der Waals surface area contributed by atoms with Gasteiger partial charge in [-0.05, 0) is 12.5 Å². The second-order valence-electron chi connectivity index (χ2n) is 4.81. The van der Waals surface area contributed by atoms with Gasteiger partial charge in [0.15, 0.2) is 0 Å². The Kier molecular flexibility index (Phi) is 4.49. The third-order valence-corrected chi connectivity index (χ3v) is 3.54. The standard InChI is InChI=1S/C14H13N3O6/c1-15-12(19)10(6-3-7-18)16-13(20)8-4-2-5-9(17(22)23)11(8)14(16)21/h2,4-5,7,10H,3,6H2,1H3,(H,15,19). The van der Waals surface area contributed by atoms with Crippen molar-refractivity contribution in [3.8, 4) is 0 Å². The van der Waals surface area contributed by atoms with E-state index in [-0.39, 0.29) is 24.0 Å². The van der Waals surface area contributed by atoms with Gasteiger partial charge < -0.3 is 10.1 Å². The van der Waals surface area contributed by atoms with E-state index in [1.54, 1.807) is 0 Å². The fourth-order valence-corrected chi connectivity index (χ4v) is 2.49. The van der Waals surface area contributed by atoms with E-state index in [0.29, 0.717) is 11.2 Å². The minimum Gasteiger partial charge on any atom is -0.357 e. The molecule has 0 spiro atoms. The number of nitrogens with zero attached hydrogens (tertiary/aromatic N) is 2. The lowest BCUT2D eigenvalue weighted by Crippen LogP contribution is -2.48. The lowest BCUT2D eigenvalue weighted by Gasteiger charge is -2.23. The first-order chi connectivity index (χ1) is 10.9. The Hall–Kier alpha value is -3.10. The van der Waals surface area contributed by atoms with Crippen molar-refractivity contribution in [3.63, 3.8) is 0 Å². The van der Waals surface area contributed by atoms with E-state index in [2.05, 4.69) is 5.32 Å². The van der Waals surface area contributed by atoms with E-state index in [1.807, 2.05) is 0 Å². The van der Waals surface area contributed by atoms with Gasteiger partial charge in [0.2, 0.25) is 5.91 Å². The number of nitrogens with one attached hydrogen (secondary N) is 1. The number of benzene rings is 1. The van der Waals surface area contributed by atoms with Crippen molar-refractivity contribution in [1.29, 1.82) is 0 Å². The Balaban J connectivity index is 2.50. The van der Waals surface area contributed by atoms with Crippen LogP contribution in [0, 0.1) is 10.1 Å². The molecule has 9 heteroatoms. The summed E-state index contributed by atoms with van der Waals surface area (Å²) < 4.78 is 0. The van der Waals surface area contributed by atoms with Crippen molar-refractivity contribution in [1.82, 2.24) is 10.2 Å². The summed E-state index contributed by atoms with van der Waals surface area (Å²) in [6.07, 6.45) is 0.479. The van der Waals surface area contributed by atoms with Crippen molar-refractivity contribution >= 4 is 29.7 Å². The van der Waals surface area contributed by atoms with Gasteiger partial charge in [-0.2, -0.15) is 0 Å². The Morgan fingerprint density at radius 2 is 2.09 bits per heavy atom. The number of amides is 3. The summed E-state index contributed by atoms with van der Waals surface area (Å²) in [4.78, 5) is 58.4. The van der Waals surface area contributed by atoms with Crippen LogP contribution in [0.5, 0.6) is 0 Å². The van der Waals surface area contributed by atoms with Crippen LogP contribution in [0.1, 0.15) is 33.6 Å². The Bertz CT molecular complexity index is 714. The summed E-state index contributed by atoms with van der Waals surface area (Å²) in [5.41, 5.74) is -0.943. The minimum atomic E-state index is -1.20. The number of aldehydes is 1. The molecule has 1 aromatic rings. The zero-order valence-corrected chi connectivity index (χ0v) is 12.1. The number of rotatable bonds is 6. The Morgan fingerprint density at radius 1 is 1.39 bits per heavy atom. The number of hydrogen-bond acceptors (Lipinski definition) is 6. The fraction of sp³-hybridized carbons (Fsp3) is 0.286. The van der Waals surface area contributed by atoms with Gasteiger partial charge in [0.25, 0.3) is 17.5 Å². The average Bonchev–Trinajstić information content (AvgIpc) is 2.79. The van der Waals surface area contributed by atoms with Crippen molar-refractivity contribution in [2.45, 2.75) is 18.9 Å². The summed E-state index contributed by atoms with van der Waals surface area (Å²) in [5, 5.41) is 13.4. The maximum atomic E-state index is 12.5. The number of nitro groups is 1. The van der Waals surface area contributed by atoms with Crippen LogP contribution in [-0.4, -0.2) is 46.9 Å². The molecular weight excluding hydrogens is 306 g/mol. The van der Waals surface area contributed by atoms with E-state index >= 15 is 0 Å². The third kappa shape index (κ3) is 2.68. The second-order valence-corrected chi connectivity index (χ2v) is 4.81. The van der Waals surface area contributed by atoms with Crippen LogP contribution in [0.2, 0.25) is 0 Å². The molecule has 0 aromatic heterocycles. The molecule has 23 heavy (non-hydrogen) atoms. The molecular formula is C14H13N3O6. The second kappa shape index (κ2) is 6.34. The first kappa shape index (κ1) is 16.3. The van der Waals surface area contributed by atoms with Gasteiger partial charge >= 0.3 is 0 Å². The van der Waals surface area contributed by atoms with Crippen molar-refractivity contribution in [3.05, 3.63) is 39.4 Å². The molecule has 9 nitrogen and oxygen atoms in total. The quantitative estimate of drug-likeness (QED) is 0.347. The summed E-state index contributed by atoms with van der Waals surface area (Å²) in [6.45, 7) is 0. The lowest BCUT2D eigenvalue weighted by molar-refractivity contribution is -0.385. The monoisotopic (exact) mass is 319 g/mol. The number of nitro benzene ring substituents is 1. The van der Waals surface area contributed by atoms with E-state index in [0.717, 1.165) is 6.07 Å². The highest BCUT2D eigenvalue weighted by Gasteiger charge is 2.45. The SMILES string of the molecule is CNC(=O)C(CCC=O)N1C(=O)c2cccc([N+](=O)[O-])c2C1=O. The molecule has 2 rings (SSSR count). The van der Waals surface area contributed by atoms with Crippen molar-refractivity contribution < 1.29 is 24.1 Å². The number of fused-ring (bicyclic) bond motifs is 1. The smallest absolute Gasteiger partial charge is 0.282 e. The Labute approximate surface area is 130 Å². The normalized spacial score (nSPS) is 14.4. The van der Waals surface area contributed by atoms with Gasteiger partial charge in [-0.1, -0.05) is 6.07 Å². The molecule has 120 valence electrons. The summed E-state index contributed by atoms with van der Waals surface area (Å²) in [7, 11) is 1.33. The van der Waals surface area contributed by atoms with Gasteiger partial charge in [0, 0.05) is 19.5 Å². The predicted octanol–water partition coefficient (Wildman–Crippen LogP) is 0.284. The highest BCUT2D eigenvalue weighted by Crippen LogP contribution is 2.32. The lowest BCUT2D eigenvalue weighted by atomic mass is 10.1. The molecule has 1 atom stereocenters. The van der Waals surface area contributed by atoms with Crippen LogP contribution < -0.4 is 5.32 Å². The summed E-state index contributed by atoms with van der Waals surface area (Å²) in [6, 6.07) is 2.51. The van der Waals surface area contributed by atoms with E-state index in [9.17, 15) is 29.3 Å². The zero-order valence-electron chi connectivity index (χ0n) is 12.1. The topological polar surface area (TPSA) is 127 Å². The van der Waals surface area contributed by atoms with Crippen LogP contribution in [0.25, 0.3) is 0 Å². The van der Waals surface area contributed by atoms with Crippen LogP contribution >= 0.6 is 0 Å². The molecule has 1 aromatic carbocycles. The molecule has 0 saturated carbocycles. The van der Waals surface area contributed by atoms with Gasteiger partial charge in [-0.25, -0.2) is 0 Å². The van der Waals surface area contributed by atoms with Crippen molar-refractivity contribution in [2.24, 2.45) is 0 Å². The number of likely N-dealkylation sites (N-methyl/N-ethyl adjacent to an activating group) is 1. The zero-order chi connectivity index (χ0) is 17.1. The van der Waals surface area contributed by atoms with Crippen LogP contribution in [-0.2, 0) is 9.59 Å². The minimum absolute atomic E-state index is 0.0341. The highest BCUT2D eigenvalue weighted by atomic mass is 16.6. The van der Waals surface area contributed by atoms with E-state index in [1.165, 1.54) is 19.2 Å². The molecule has 1 unspecified atom stereocenters. The molecule has 0 fully saturated rings. The maximum absolute atomic E-state index is 12.5. The van der Waals surface area contributed by atoms with Crippen LogP contribution in [0.15, 0.2) is 18.2 Å². The third-order valence-electron chi connectivity index (χ3n) is 3.54. The summed E-state index contributed by atoms with van der Waals surface area (Å²) >= 11 is 0. The Morgan fingerprint density at radius 3 is 2.65 bits per heavy atom. The molecule has 0 saturated heterocycles. The number of imide groups is 1. The largest absolute Gasteiger partial charge is 0.357 e. The molecule has 1 aliphatic rings. The molecule has 0 bridgehead atoms. The van der Waals surface area contributed by atoms with Crippen LogP contribution in [0.3, 0.4) is 0 Å². The first-order valence-corrected chi connectivity index (χ1v) is 6.74. The molecule has 1 aliphatic heterocycles. The van der Waals surface area contributed by atoms with Crippen molar-refractivity contribution in [2.75, 3.05) is 7.05 Å². The number of hydrogen-bond donors (Lipinski definition) is 1. The van der Waals surface area contributed by atoms with Crippen LogP contribution in [0.4, 0.5) is 5.69 Å². The summed E-state index contributed by atoms with van der Waals surface area (Å²) in [5.74, 6) is -2.31. The highest BCUT2D eigenvalue weighted by molar-refractivity contribution is 6.24.